The average Bonchev–Trinajstić information content (AvgIpc) is 1.86. The summed E-state index contributed by atoms with van der Waals surface area (Å²) in [5.41, 5.74) is 0. The van der Waals surface area contributed by atoms with Crippen LogP contribution in [0.1, 0.15) is 0 Å². The largest absolute Gasteiger partial charge is 0.368 e. The predicted molar refractivity (Wildman–Crippen MR) is 38.0 cm³/mol. The van der Waals surface area contributed by atoms with Crippen LogP contribution < -0.4 is 0 Å². The maximum absolute atomic E-state index is 12.1. The standard InChI is InChI=1S/C4H2BrFN2O2S/c5-3-1-7-4(8-2-3)11(6,9)10/h1-2H. The number of hydrogen-bond acceptors (Lipinski definition) is 4. The first-order valence-electron chi connectivity index (χ1n) is 2.42. The SMILES string of the molecule is O=S(=O)(F)c1ncc(Br)cn1. The Morgan fingerprint density at radius 1 is 1.36 bits per heavy atom. The first-order chi connectivity index (χ1) is 5.00. The van der Waals surface area contributed by atoms with E-state index in [2.05, 4.69) is 25.9 Å². The molecule has 1 aromatic rings. The lowest BCUT2D eigenvalue weighted by atomic mass is 10.7. The van der Waals surface area contributed by atoms with Crippen LogP contribution in [0.4, 0.5) is 3.89 Å². The lowest BCUT2D eigenvalue weighted by molar-refractivity contribution is 0.541. The van der Waals surface area contributed by atoms with Crippen molar-refractivity contribution < 1.29 is 12.3 Å². The molecule has 1 rings (SSSR count). The highest BCUT2D eigenvalue weighted by atomic mass is 79.9. The summed E-state index contributed by atoms with van der Waals surface area (Å²) in [6.07, 6.45) is 2.30. The minimum atomic E-state index is -4.76. The van der Waals surface area contributed by atoms with Gasteiger partial charge in [0.2, 0.25) is 0 Å². The van der Waals surface area contributed by atoms with Gasteiger partial charge in [0.25, 0.3) is 5.16 Å². The molecule has 4 nitrogen and oxygen atoms in total. The molecule has 0 atom stereocenters. The number of hydrogen-bond donors (Lipinski definition) is 0. The Labute approximate surface area is 70.8 Å². The van der Waals surface area contributed by atoms with E-state index >= 15 is 0 Å². The molecule has 0 bridgehead atoms. The van der Waals surface area contributed by atoms with Crippen LogP contribution in [0.5, 0.6) is 0 Å². The third kappa shape index (κ3) is 2.19. The monoisotopic (exact) mass is 240 g/mol. The van der Waals surface area contributed by atoms with Gasteiger partial charge in [0.15, 0.2) is 0 Å². The molecule has 11 heavy (non-hydrogen) atoms. The van der Waals surface area contributed by atoms with Crippen molar-refractivity contribution in [3.05, 3.63) is 16.9 Å². The van der Waals surface area contributed by atoms with Crippen molar-refractivity contribution in [2.45, 2.75) is 5.16 Å². The summed E-state index contributed by atoms with van der Waals surface area (Å²) >= 11 is 2.97. The third-order valence-corrected chi connectivity index (χ3v) is 1.87. The van der Waals surface area contributed by atoms with Crippen molar-refractivity contribution in [3.63, 3.8) is 0 Å². The van der Waals surface area contributed by atoms with Gasteiger partial charge in [-0.2, -0.15) is 8.42 Å². The molecule has 0 N–H and O–H groups in total. The fourth-order valence-electron chi connectivity index (χ4n) is 0.426. The molecule has 7 heteroatoms. The second kappa shape index (κ2) is 2.82. The van der Waals surface area contributed by atoms with Crippen LogP contribution in [-0.2, 0) is 10.2 Å². The lowest BCUT2D eigenvalue weighted by Crippen LogP contribution is -1.98. The molecule has 60 valence electrons. The van der Waals surface area contributed by atoms with Crippen LogP contribution in [0, 0.1) is 0 Å². The molecule has 0 amide bonds. The maximum atomic E-state index is 12.1. The summed E-state index contributed by atoms with van der Waals surface area (Å²) in [5.74, 6) is 0. The fraction of sp³-hybridized carbons (Fsp3) is 0. The van der Waals surface area contributed by atoms with E-state index in [4.69, 9.17) is 0 Å². The van der Waals surface area contributed by atoms with E-state index in [1.165, 1.54) is 0 Å². The first kappa shape index (κ1) is 8.54. The van der Waals surface area contributed by atoms with Gasteiger partial charge < -0.3 is 0 Å². The van der Waals surface area contributed by atoms with Gasteiger partial charge in [-0.1, -0.05) is 3.89 Å². The molecule has 0 radical (unpaired) electrons. The molecule has 0 saturated carbocycles. The molecule has 0 fully saturated rings. The Balaban J connectivity index is 3.20. The highest BCUT2D eigenvalue weighted by molar-refractivity contribution is 9.10. The van der Waals surface area contributed by atoms with Gasteiger partial charge in [0.1, 0.15) is 0 Å². The van der Waals surface area contributed by atoms with Crippen LogP contribution in [-0.4, -0.2) is 18.4 Å². The molecule has 1 heterocycles. The summed E-state index contributed by atoms with van der Waals surface area (Å²) < 4.78 is 32.8. The summed E-state index contributed by atoms with van der Waals surface area (Å²) in [7, 11) is -4.76. The maximum Gasteiger partial charge on any atom is 0.368 e. The van der Waals surface area contributed by atoms with Crippen molar-refractivity contribution in [2.75, 3.05) is 0 Å². The van der Waals surface area contributed by atoms with Crippen molar-refractivity contribution >= 4 is 26.2 Å². The minimum Gasteiger partial charge on any atom is -0.223 e. The van der Waals surface area contributed by atoms with Crippen LogP contribution in [0.3, 0.4) is 0 Å². The van der Waals surface area contributed by atoms with E-state index in [9.17, 15) is 12.3 Å². The summed E-state index contributed by atoms with van der Waals surface area (Å²) in [4.78, 5) is 6.46. The van der Waals surface area contributed by atoms with E-state index in [0.717, 1.165) is 12.4 Å². The Bertz CT molecular complexity index is 349. The van der Waals surface area contributed by atoms with E-state index in [1.54, 1.807) is 0 Å². The topological polar surface area (TPSA) is 59.9 Å². The molecule has 0 spiro atoms. The Kier molecular flexibility index (Phi) is 2.19. The van der Waals surface area contributed by atoms with Crippen LogP contribution >= 0.6 is 15.9 Å². The van der Waals surface area contributed by atoms with Crippen molar-refractivity contribution in [1.29, 1.82) is 0 Å². The molecule has 0 aliphatic carbocycles. The van der Waals surface area contributed by atoms with Gasteiger partial charge in [-0.25, -0.2) is 9.97 Å². The zero-order valence-corrected chi connectivity index (χ0v) is 7.43. The van der Waals surface area contributed by atoms with E-state index in [-0.39, 0.29) is 0 Å². The zero-order valence-electron chi connectivity index (χ0n) is 5.03. The summed E-state index contributed by atoms with van der Waals surface area (Å²) in [6.45, 7) is 0. The van der Waals surface area contributed by atoms with Gasteiger partial charge in [-0.05, 0) is 15.9 Å². The van der Waals surface area contributed by atoms with Crippen LogP contribution in [0.2, 0.25) is 0 Å². The molecule has 1 aromatic heterocycles. The van der Waals surface area contributed by atoms with Crippen molar-refractivity contribution in [2.24, 2.45) is 0 Å². The molecule has 0 aliphatic rings. The zero-order chi connectivity index (χ0) is 8.48. The highest BCUT2D eigenvalue weighted by Gasteiger charge is 2.14. The molecular formula is C4H2BrFN2O2S. The Morgan fingerprint density at radius 3 is 2.18 bits per heavy atom. The average molecular weight is 241 g/mol. The number of nitrogens with zero attached hydrogens (tertiary/aromatic N) is 2. The van der Waals surface area contributed by atoms with Gasteiger partial charge >= 0.3 is 10.2 Å². The van der Waals surface area contributed by atoms with Crippen molar-refractivity contribution in [3.8, 4) is 0 Å². The number of aromatic nitrogens is 2. The Morgan fingerprint density at radius 2 is 1.82 bits per heavy atom. The third-order valence-electron chi connectivity index (χ3n) is 0.815. The quantitative estimate of drug-likeness (QED) is 0.541. The van der Waals surface area contributed by atoms with Crippen LogP contribution in [0.15, 0.2) is 22.0 Å². The molecule has 0 unspecified atom stereocenters. The highest BCUT2D eigenvalue weighted by Crippen LogP contribution is 2.08. The number of rotatable bonds is 1. The van der Waals surface area contributed by atoms with Crippen molar-refractivity contribution in [1.82, 2.24) is 9.97 Å². The van der Waals surface area contributed by atoms with E-state index in [1.807, 2.05) is 0 Å². The van der Waals surface area contributed by atoms with Gasteiger partial charge in [0.05, 0.1) is 4.47 Å². The fourth-order valence-corrected chi connectivity index (χ4v) is 0.988. The summed E-state index contributed by atoms with van der Waals surface area (Å²) in [6, 6.07) is 0. The second-order valence-corrected chi connectivity index (χ2v) is 3.78. The molecule has 0 aliphatic heterocycles. The molecule has 0 aromatic carbocycles. The normalized spacial score (nSPS) is 11.5. The molecular weight excluding hydrogens is 239 g/mol. The Hall–Kier alpha value is -0.560. The second-order valence-electron chi connectivity index (χ2n) is 1.62. The van der Waals surface area contributed by atoms with Gasteiger partial charge in [-0.3, -0.25) is 0 Å². The van der Waals surface area contributed by atoms with Gasteiger partial charge in [-0.15, -0.1) is 0 Å². The predicted octanol–water partition coefficient (Wildman–Crippen LogP) is 0.897. The van der Waals surface area contributed by atoms with Crippen LogP contribution in [0.25, 0.3) is 0 Å². The van der Waals surface area contributed by atoms with Gasteiger partial charge in [0, 0.05) is 12.4 Å². The smallest absolute Gasteiger partial charge is 0.223 e. The first-order valence-corrected chi connectivity index (χ1v) is 4.60. The number of halogens is 2. The lowest BCUT2D eigenvalue weighted by Gasteiger charge is -1.90. The van der Waals surface area contributed by atoms with E-state index < -0.39 is 15.4 Å². The molecule has 0 saturated heterocycles. The van der Waals surface area contributed by atoms with E-state index in [0.29, 0.717) is 4.47 Å². The minimum absolute atomic E-state index is 0.491. The summed E-state index contributed by atoms with van der Waals surface area (Å²) in [5, 5.41) is -0.819.